The molecule has 0 aliphatic heterocycles. The summed E-state index contributed by atoms with van der Waals surface area (Å²) in [5.74, 6) is -0.928. The lowest BCUT2D eigenvalue weighted by molar-refractivity contribution is 0.385. The number of nitrogens with zero attached hydrogens (tertiary/aromatic N) is 3. The summed E-state index contributed by atoms with van der Waals surface area (Å²) in [7, 11) is -4.14. The van der Waals surface area contributed by atoms with Gasteiger partial charge in [0, 0.05) is 18.0 Å². The van der Waals surface area contributed by atoms with Crippen molar-refractivity contribution in [1.82, 2.24) is 14.7 Å². The number of hydrogen-bond donors (Lipinski definition) is 1. The first kappa shape index (κ1) is 19.2. The summed E-state index contributed by atoms with van der Waals surface area (Å²) in [5, 5.41) is 3.85. The topological polar surface area (TPSA) is 120 Å². The summed E-state index contributed by atoms with van der Waals surface area (Å²) in [6.45, 7) is 1.60. The molecule has 4 aromatic rings. The molecule has 0 spiro atoms. The zero-order chi connectivity index (χ0) is 20.8. The molecule has 0 aliphatic carbocycles. The van der Waals surface area contributed by atoms with Gasteiger partial charge in [0.05, 0.1) is 22.6 Å². The van der Waals surface area contributed by atoms with Gasteiger partial charge in [-0.3, -0.25) is 9.29 Å². The molecule has 0 aliphatic rings. The highest BCUT2D eigenvalue weighted by molar-refractivity contribution is 7.92. The minimum atomic E-state index is -4.14. The smallest absolute Gasteiger partial charge is 0.408 e. The third kappa shape index (κ3) is 3.74. The van der Waals surface area contributed by atoms with Crippen LogP contribution in [0, 0.1) is 12.7 Å². The van der Waals surface area contributed by atoms with Crippen LogP contribution in [-0.4, -0.2) is 23.1 Å². The lowest BCUT2D eigenvalue weighted by atomic mass is 10.3. The summed E-state index contributed by atoms with van der Waals surface area (Å²) >= 11 is 5.67. The van der Waals surface area contributed by atoms with Crippen LogP contribution in [0.2, 0.25) is 5.02 Å². The van der Waals surface area contributed by atoms with Crippen LogP contribution >= 0.6 is 11.6 Å². The van der Waals surface area contributed by atoms with Crippen LogP contribution in [-0.2, 0) is 16.6 Å². The van der Waals surface area contributed by atoms with Gasteiger partial charge in [0.25, 0.3) is 10.0 Å². The maximum absolute atomic E-state index is 13.9. The predicted molar refractivity (Wildman–Crippen MR) is 101 cm³/mol. The van der Waals surface area contributed by atoms with Crippen molar-refractivity contribution in [3.8, 4) is 0 Å². The van der Waals surface area contributed by atoms with Gasteiger partial charge in [0.2, 0.25) is 5.89 Å². The molecule has 0 bridgehead atoms. The Kier molecular flexibility index (Phi) is 4.63. The molecule has 0 amide bonds. The highest BCUT2D eigenvalue weighted by Crippen LogP contribution is 2.24. The molecule has 2 heterocycles. The SMILES string of the molecule is Cc1nc(Cn2c(=O)oc3cc(S(=O)(=O)Nc4ccc(Cl)cc4F)ccc32)no1. The van der Waals surface area contributed by atoms with Gasteiger partial charge in [-0.05, 0) is 30.3 Å². The Morgan fingerprint density at radius 1 is 1.24 bits per heavy atom. The predicted octanol–water partition coefficient (Wildman–Crippen LogP) is 2.93. The maximum atomic E-state index is 13.9. The molecule has 29 heavy (non-hydrogen) atoms. The summed E-state index contributed by atoms with van der Waals surface area (Å²) in [5.41, 5.74) is 0.116. The summed E-state index contributed by atoms with van der Waals surface area (Å²) in [6.07, 6.45) is 0. The number of rotatable bonds is 5. The molecule has 0 unspecified atom stereocenters. The third-order valence-corrected chi connectivity index (χ3v) is 5.59. The average Bonchev–Trinajstić information content (AvgIpc) is 3.20. The highest BCUT2D eigenvalue weighted by Gasteiger charge is 2.20. The van der Waals surface area contributed by atoms with Gasteiger partial charge >= 0.3 is 5.76 Å². The van der Waals surface area contributed by atoms with Crippen LogP contribution < -0.4 is 10.5 Å². The number of benzene rings is 2. The number of aryl methyl sites for hydroxylation is 1. The number of nitrogens with one attached hydrogen (secondary N) is 1. The van der Waals surface area contributed by atoms with Crippen molar-refractivity contribution >= 4 is 38.4 Å². The van der Waals surface area contributed by atoms with E-state index in [-0.39, 0.29) is 33.6 Å². The van der Waals surface area contributed by atoms with Gasteiger partial charge in [0.1, 0.15) is 5.82 Å². The first-order valence-corrected chi connectivity index (χ1v) is 9.99. The minimum absolute atomic E-state index is 0.0104. The minimum Gasteiger partial charge on any atom is -0.408 e. The van der Waals surface area contributed by atoms with Crippen molar-refractivity contribution in [2.45, 2.75) is 18.4 Å². The molecule has 150 valence electrons. The summed E-state index contributed by atoms with van der Waals surface area (Å²) < 4.78 is 52.5. The normalized spacial score (nSPS) is 11.8. The van der Waals surface area contributed by atoms with Crippen LogP contribution in [0.1, 0.15) is 11.7 Å². The van der Waals surface area contributed by atoms with Crippen molar-refractivity contribution in [1.29, 1.82) is 0 Å². The van der Waals surface area contributed by atoms with Gasteiger partial charge in [-0.2, -0.15) is 4.98 Å². The summed E-state index contributed by atoms with van der Waals surface area (Å²) in [6, 6.07) is 7.39. The van der Waals surface area contributed by atoms with E-state index in [0.717, 1.165) is 6.07 Å². The number of anilines is 1. The van der Waals surface area contributed by atoms with Gasteiger partial charge in [-0.1, -0.05) is 16.8 Å². The standard InChI is InChI=1S/C17H12ClFN4O5S/c1-9-20-16(21-28-9)8-23-14-5-3-11(7-15(14)27-17(23)24)29(25,26)22-13-4-2-10(18)6-12(13)19/h2-7,22H,8H2,1H3. The molecule has 0 saturated heterocycles. The first-order chi connectivity index (χ1) is 13.7. The van der Waals surface area contributed by atoms with Crippen LogP contribution in [0.15, 0.2) is 55.0 Å². The molecule has 0 saturated carbocycles. The monoisotopic (exact) mass is 438 g/mol. The van der Waals surface area contributed by atoms with Gasteiger partial charge in [0.15, 0.2) is 11.4 Å². The number of halogens is 2. The van der Waals surface area contributed by atoms with Gasteiger partial charge in [-0.25, -0.2) is 17.6 Å². The Balaban J connectivity index is 1.69. The zero-order valence-corrected chi connectivity index (χ0v) is 16.3. The van der Waals surface area contributed by atoms with E-state index in [1.807, 2.05) is 0 Å². The number of hydrogen-bond acceptors (Lipinski definition) is 7. The number of oxazole rings is 1. The average molecular weight is 439 g/mol. The fourth-order valence-corrected chi connectivity index (χ4v) is 3.93. The van der Waals surface area contributed by atoms with E-state index in [9.17, 15) is 17.6 Å². The van der Waals surface area contributed by atoms with Gasteiger partial charge in [-0.15, -0.1) is 0 Å². The number of aromatic nitrogens is 3. The molecular formula is C17H12ClFN4O5S. The van der Waals surface area contributed by atoms with E-state index in [1.165, 1.54) is 34.9 Å². The molecule has 2 aromatic carbocycles. The van der Waals surface area contributed by atoms with Crippen molar-refractivity contribution in [3.63, 3.8) is 0 Å². The second-order valence-electron chi connectivity index (χ2n) is 6.04. The Morgan fingerprint density at radius 3 is 2.72 bits per heavy atom. The fraction of sp³-hybridized carbons (Fsp3) is 0.118. The number of fused-ring (bicyclic) bond motifs is 1. The fourth-order valence-electron chi connectivity index (χ4n) is 2.69. The molecular weight excluding hydrogens is 427 g/mol. The van der Waals surface area contributed by atoms with Crippen LogP contribution in [0.3, 0.4) is 0 Å². The second kappa shape index (κ2) is 7.01. The van der Waals surface area contributed by atoms with Crippen molar-refractivity contribution in [2.75, 3.05) is 4.72 Å². The Morgan fingerprint density at radius 2 is 2.03 bits per heavy atom. The Labute approximate surface area is 167 Å². The molecule has 12 heteroatoms. The molecule has 0 radical (unpaired) electrons. The molecule has 1 N–H and O–H groups in total. The van der Waals surface area contributed by atoms with Crippen LogP contribution in [0.25, 0.3) is 11.1 Å². The lowest BCUT2D eigenvalue weighted by Gasteiger charge is -2.09. The van der Waals surface area contributed by atoms with E-state index in [2.05, 4.69) is 14.9 Å². The number of sulfonamides is 1. The van der Waals surface area contributed by atoms with E-state index >= 15 is 0 Å². The first-order valence-electron chi connectivity index (χ1n) is 8.13. The molecule has 0 fully saturated rings. The highest BCUT2D eigenvalue weighted by atomic mass is 35.5. The Bertz CT molecular complexity index is 1390. The van der Waals surface area contributed by atoms with E-state index in [4.69, 9.17) is 20.5 Å². The summed E-state index contributed by atoms with van der Waals surface area (Å²) in [4.78, 5) is 16.0. The lowest BCUT2D eigenvalue weighted by Crippen LogP contribution is -2.16. The maximum Gasteiger partial charge on any atom is 0.420 e. The molecule has 0 atom stereocenters. The van der Waals surface area contributed by atoms with E-state index < -0.39 is 21.6 Å². The third-order valence-electron chi connectivity index (χ3n) is 3.99. The zero-order valence-electron chi connectivity index (χ0n) is 14.7. The molecule has 2 aromatic heterocycles. The van der Waals surface area contributed by atoms with Crippen molar-refractivity contribution in [2.24, 2.45) is 0 Å². The van der Waals surface area contributed by atoms with E-state index in [0.29, 0.717) is 11.4 Å². The quantitative estimate of drug-likeness (QED) is 0.508. The second-order valence-corrected chi connectivity index (χ2v) is 8.16. The van der Waals surface area contributed by atoms with Crippen molar-refractivity contribution < 1.29 is 21.7 Å². The van der Waals surface area contributed by atoms with Gasteiger partial charge < -0.3 is 8.94 Å². The molecule has 9 nitrogen and oxygen atoms in total. The largest absolute Gasteiger partial charge is 0.420 e. The van der Waals surface area contributed by atoms with Crippen molar-refractivity contribution in [3.05, 3.63) is 69.5 Å². The van der Waals surface area contributed by atoms with Crippen LogP contribution in [0.4, 0.5) is 10.1 Å². The Hall–Kier alpha value is -3.18. The molecule has 4 rings (SSSR count). The van der Waals surface area contributed by atoms with Crippen LogP contribution in [0.5, 0.6) is 0 Å². The van der Waals surface area contributed by atoms with E-state index in [1.54, 1.807) is 6.92 Å².